The van der Waals surface area contributed by atoms with Crippen LogP contribution in [0.4, 0.5) is 9.52 Å². The van der Waals surface area contributed by atoms with Crippen molar-refractivity contribution in [2.45, 2.75) is 19.8 Å². The average molecular weight is 251 g/mol. The highest BCUT2D eigenvalue weighted by atomic mass is 32.1. The molecule has 0 aliphatic carbocycles. The van der Waals surface area contributed by atoms with Gasteiger partial charge in [-0.2, -0.15) is 4.37 Å². The molecule has 0 bridgehead atoms. The van der Waals surface area contributed by atoms with E-state index in [0.29, 0.717) is 6.42 Å². The zero-order valence-corrected chi connectivity index (χ0v) is 10.4. The summed E-state index contributed by atoms with van der Waals surface area (Å²) in [7, 11) is 0. The molecule has 5 heteroatoms. The second kappa shape index (κ2) is 5.72. The Labute approximate surface area is 104 Å². The highest BCUT2D eigenvalue weighted by Crippen LogP contribution is 2.14. The molecule has 90 valence electrons. The maximum absolute atomic E-state index is 12.7. The van der Waals surface area contributed by atoms with E-state index >= 15 is 0 Å². The van der Waals surface area contributed by atoms with Gasteiger partial charge < -0.3 is 5.32 Å². The van der Waals surface area contributed by atoms with Gasteiger partial charge in [0.05, 0.1) is 0 Å². The number of benzene rings is 1. The third-order valence-corrected chi connectivity index (χ3v) is 2.98. The lowest BCUT2D eigenvalue weighted by molar-refractivity contribution is 0.627. The molecular weight excluding hydrogens is 237 g/mol. The number of halogens is 1. The van der Waals surface area contributed by atoms with E-state index in [2.05, 4.69) is 21.6 Å². The Morgan fingerprint density at radius 2 is 2.06 bits per heavy atom. The van der Waals surface area contributed by atoms with Crippen LogP contribution in [0.25, 0.3) is 0 Å². The molecule has 0 aliphatic rings. The summed E-state index contributed by atoms with van der Waals surface area (Å²) >= 11 is 1.37. The molecule has 1 heterocycles. The second-order valence-electron chi connectivity index (χ2n) is 3.75. The molecule has 0 amide bonds. The van der Waals surface area contributed by atoms with Crippen molar-refractivity contribution in [3.05, 3.63) is 41.5 Å². The fourth-order valence-electron chi connectivity index (χ4n) is 1.41. The normalized spacial score (nSPS) is 10.5. The summed E-state index contributed by atoms with van der Waals surface area (Å²) in [5, 5.41) is 4.05. The van der Waals surface area contributed by atoms with Gasteiger partial charge in [0.2, 0.25) is 5.13 Å². The lowest BCUT2D eigenvalue weighted by Crippen LogP contribution is -1.99. The number of hydrogen-bond acceptors (Lipinski definition) is 4. The van der Waals surface area contributed by atoms with Crippen molar-refractivity contribution >= 4 is 16.7 Å². The molecule has 0 saturated heterocycles. The molecule has 2 aromatic rings. The van der Waals surface area contributed by atoms with E-state index in [-0.39, 0.29) is 5.82 Å². The maximum Gasteiger partial charge on any atom is 0.202 e. The van der Waals surface area contributed by atoms with Gasteiger partial charge in [-0.3, -0.25) is 0 Å². The Balaban J connectivity index is 1.98. The number of nitrogens with zero attached hydrogens (tertiary/aromatic N) is 2. The van der Waals surface area contributed by atoms with Crippen molar-refractivity contribution in [1.29, 1.82) is 0 Å². The van der Waals surface area contributed by atoms with Crippen LogP contribution < -0.4 is 5.32 Å². The number of anilines is 1. The first-order chi connectivity index (χ1) is 8.28. The van der Waals surface area contributed by atoms with Crippen molar-refractivity contribution in [3.63, 3.8) is 0 Å². The fraction of sp³-hybridized carbons (Fsp3) is 0.333. The molecule has 1 aromatic carbocycles. The van der Waals surface area contributed by atoms with Crippen molar-refractivity contribution in [2.75, 3.05) is 11.9 Å². The van der Waals surface area contributed by atoms with Crippen LogP contribution in [0, 0.1) is 5.82 Å². The van der Waals surface area contributed by atoms with Crippen LogP contribution in [0.1, 0.15) is 24.7 Å². The summed E-state index contributed by atoms with van der Waals surface area (Å²) in [6.45, 7) is 3.01. The number of nitrogens with one attached hydrogen (secondary N) is 1. The van der Waals surface area contributed by atoms with Crippen LogP contribution in [0.3, 0.4) is 0 Å². The summed E-state index contributed by atoms with van der Waals surface area (Å²) in [5.41, 5.74) is 1.02. The summed E-state index contributed by atoms with van der Waals surface area (Å²) in [6.07, 6.45) is 1.71. The van der Waals surface area contributed by atoms with Crippen LogP contribution in [0.5, 0.6) is 0 Å². The zero-order valence-electron chi connectivity index (χ0n) is 9.61. The minimum atomic E-state index is -0.217. The maximum atomic E-state index is 12.7. The molecule has 0 aliphatic heterocycles. The van der Waals surface area contributed by atoms with E-state index in [1.807, 2.05) is 0 Å². The highest BCUT2D eigenvalue weighted by Gasteiger charge is 2.04. The standard InChI is InChI=1S/C12H14FN3S/c1-2-7-14-12-15-11(16-17-12)8-9-3-5-10(13)6-4-9/h3-6H,2,7-8H2,1H3,(H,14,15,16). The van der Waals surface area contributed by atoms with E-state index in [9.17, 15) is 4.39 Å². The van der Waals surface area contributed by atoms with Gasteiger partial charge in [-0.25, -0.2) is 9.37 Å². The molecule has 0 spiro atoms. The van der Waals surface area contributed by atoms with Gasteiger partial charge in [0, 0.05) is 24.5 Å². The predicted octanol–water partition coefficient (Wildman–Crippen LogP) is 3.09. The molecule has 0 atom stereocenters. The van der Waals surface area contributed by atoms with Crippen molar-refractivity contribution < 1.29 is 4.39 Å². The van der Waals surface area contributed by atoms with E-state index in [0.717, 1.165) is 29.5 Å². The molecule has 0 saturated carbocycles. The first-order valence-corrected chi connectivity index (χ1v) is 6.36. The van der Waals surface area contributed by atoms with E-state index in [4.69, 9.17) is 0 Å². The van der Waals surface area contributed by atoms with Gasteiger partial charge >= 0.3 is 0 Å². The quantitative estimate of drug-likeness (QED) is 0.887. The van der Waals surface area contributed by atoms with E-state index in [1.165, 1.54) is 23.7 Å². The first kappa shape index (κ1) is 12.0. The number of hydrogen-bond donors (Lipinski definition) is 1. The molecule has 17 heavy (non-hydrogen) atoms. The minimum absolute atomic E-state index is 0.217. The molecule has 0 radical (unpaired) electrons. The van der Waals surface area contributed by atoms with E-state index in [1.54, 1.807) is 12.1 Å². The molecule has 3 nitrogen and oxygen atoms in total. The summed E-state index contributed by atoms with van der Waals surface area (Å²) < 4.78 is 17.0. The predicted molar refractivity (Wildman–Crippen MR) is 67.9 cm³/mol. The van der Waals surface area contributed by atoms with Crippen molar-refractivity contribution in [1.82, 2.24) is 9.36 Å². The van der Waals surface area contributed by atoms with Crippen LogP contribution in [0.2, 0.25) is 0 Å². The van der Waals surface area contributed by atoms with Gasteiger partial charge in [-0.05, 0) is 24.1 Å². The topological polar surface area (TPSA) is 37.8 Å². The monoisotopic (exact) mass is 251 g/mol. The third kappa shape index (κ3) is 3.49. The zero-order chi connectivity index (χ0) is 12.1. The minimum Gasteiger partial charge on any atom is -0.360 e. The van der Waals surface area contributed by atoms with Crippen molar-refractivity contribution in [3.8, 4) is 0 Å². The Morgan fingerprint density at radius 1 is 1.29 bits per heavy atom. The van der Waals surface area contributed by atoms with Gasteiger partial charge in [0.25, 0.3) is 0 Å². The summed E-state index contributed by atoms with van der Waals surface area (Å²) in [4.78, 5) is 4.37. The lowest BCUT2D eigenvalue weighted by Gasteiger charge is -1.97. The highest BCUT2D eigenvalue weighted by molar-refractivity contribution is 7.09. The molecule has 1 N–H and O–H groups in total. The Kier molecular flexibility index (Phi) is 4.03. The molecule has 2 rings (SSSR count). The summed E-state index contributed by atoms with van der Waals surface area (Å²) in [6, 6.07) is 6.43. The second-order valence-corrected chi connectivity index (χ2v) is 4.50. The van der Waals surface area contributed by atoms with Gasteiger partial charge in [0.1, 0.15) is 11.6 Å². The molecule has 0 unspecified atom stereocenters. The van der Waals surface area contributed by atoms with Crippen LogP contribution in [-0.4, -0.2) is 15.9 Å². The largest absolute Gasteiger partial charge is 0.360 e. The lowest BCUT2D eigenvalue weighted by atomic mass is 10.1. The molecule has 1 aromatic heterocycles. The van der Waals surface area contributed by atoms with Crippen LogP contribution in [-0.2, 0) is 6.42 Å². The fourth-order valence-corrected chi connectivity index (χ4v) is 2.02. The van der Waals surface area contributed by atoms with E-state index < -0.39 is 0 Å². The SMILES string of the molecule is CCCNc1nc(Cc2ccc(F)cc2)ns1. The van der Waals surface area contributed by atoms with Crippen LogP contribution >= 0.6 is 11.5 Å². The Morgan fingerprint density at radius 3 is 2.76 bits per heavy atom. The molecule has 0 fully saturated rings. The first-order valence-electron chi connectivity index (χ1n) is 5.59. The Bertz CT molecular complexity index is 467. The molecular formula is C12H14FN3S. The van der Waals surface area contributed by atoms with Gasteiger partial charge in [-0.1, -0.05) is 19.1 Å². The third-order valence-electron chi connectivity index (χ3n) is 2.27. The Hall–Kier alpha value is -1.49. The smallest absolute Gasteiger partial charge is 0.202 e. The number of aromatic nitrogens is 2. The average Bonchev–Trinajstić information content (AvgIpc) is 2.77. The summed E-state index contributed by atoms with van der Waals surface area (Å²) in [5.74, 6) is 0.561. The van der Waals surface area contributed by atoms with Crippen molar-refractivity contribution in [2.24, 2.45) is 0 Å². The van der Waals surface area contributed by atoms with Gasteiger partial charge in [-0.15, -0.1) is 0 Å². The van der Waals surface area contributed by atoms with Crippen LogP contribution in [0.15, 0.2) is 24.3 Å². The number of rotatable bonds is 5. The van der Waals surface area contributed by atoms with Gasteiger partial charge in [0.15, 0.2) is 0 Å².